The van der Waals surface area contributed by atoms with Gasteiger partial charge in [0.2, 0.25) is 0 Å². The number of halogens is 3. The minimum Gasteiger partial charge on any atom is -0.496 e. The summed E-state index contributed by atoms with van der Waals surface area (Å²) in [5.41, 5.74) is 2.00. The van der Waals surface area contributed by atoms with E-state index in [-0.39, 0.29) is 17.3 Å². The van der Waals surface area contributed by atoms with Gasteiger partial charge in [-0.1, -0.05) is 22.0 Å². The number of benzene rings is 2. The molecule has 3 aromatic rings. The first kappa shape index (κ1) is 16.6. The minimum absolute atomic E-state index is 0.225. The number of hydrogen-bond donors (Lipinski definition) is 1. The quantitative estimate of drug-likeness (QED) is 0.495. The van der Waals surface area contributed by atoms with E-state index in [0.717, 1.165) is 0 Å². The zero-order chi connectivity index (χ0) is 17.4. The van der Waals surface area contributed by atoms with Crippen LogP contribution in [0.3, 0.4) is 0 Å². The van der Waals surface area contributed by atoms with Crippen LogP contribution in [0.2, 0.25) is 0 Å². The van der Waals surface area contributed by atoms with Crippen LogP contribution >= 0.6 is 15.9 Å². The van der Waals surface area contributed by atoms with Crippen LogP contribution in [0.5, 0.6) is 5.75 Å². The van der Waals surface area contributed by atoms with Gasteiger partial charge in [0.1, 0.15) is 22.2 Å². The van der Waals surface area contributed by atoms with Crippen LogP contribution in [0.15, 0.2) is 36.5 Å². The fraction of sp³-hybridized carbons (Fsp3) is 0.167. The number of methoxy groups -OCH3 is 1. The molecule has 124 valence electrons. The van der Waals surface area contributed by atoms with Gasteiger partial charge in [0, 0.05) is 34.3 Å². The van der Waals surface area contributed by atoms with Crippen LogP contribution in [0.25, 0.3) is 10.9 Å². The highest BCUT2D eigenvalue weighted by atomic mass is 79.9. The lowest BCUT2D eigenvalue weighted by atomic mass is 10.0. The highest BCUT2D eigenvalue weighted by molar-refractivity contribution is 9.09. The van der Waals surface area contributed by atoms with Crippen molar-refractivity contribution in [3.63, 3.8) is 0 Å². The number of nitrogens with one attached hydrogen (secondary N) is 1. The molecule has 24 heavy (non-hydrogen) atoms. The predicted octanol–water partition coefficient (Wildman–Crippen LogP) is 5.08. The van der Waals surface area contributed by atoms with Crippen molar-refractivity contribution in [3.05, 3.63) is 64.9 Å². The number of H-pyrrole nitrogens is 1. The smallest absolute Gasteiger partial charge is 0.183 e. The van der Waals surface area contributed by atoms with Crippen LogP contribution in [0.1, 0.15) is 26.3 Å². The van der Waals surface area contributed by atoms with Gasteiger partial charge in [0.25, 0.3) is 0 Å². The zero-order valence-electron chi connectivity index (χ0n) is 13.0. The van der Waals surface area contributed by atoms with E-state index < -0.39 is 10.6 Å². The molecule has 3 rings (SSSR count). The predicted molar refractivity (Wildman–Crippen MR) is 91.9 cm³/mol. The Morgan fingerprint density at radius 3 is 2.71 bits per heavy atom. The molecule has 0 spiro atoms. The summed E-state index contributed by atoms with van der Waals surface area (Å²) >= 11 is 3.37. The number of ether oxygens (including phenoxy) is 1. The molecule has 0 amide bonds. The topological polar surface area (TPSA) is 42.1 Å². The summed E-state index contributed by atoms with van der Waals surface area (Å²) < 4.78 is 32.2. The molecule has 1 unspecified atom stereocenters. The standard InChI is InChI=1S/C18H14BrF2NO2/c1-9-14(21)6-5-11-13(8-22-17(9)11)18(23)16(19)12-4-3-10(20)7-15(12)24-2/h3-8,16,22H,1-2H3. The Bertz CT molecular complexity index is 936. The van der Waals surface area contributed by atoms with Crippen molar-refractivity contribution in [2.24, 2.45) is 0 Å². The summed E-state index contributed by atoms with van der Waals surface area (Å²) in [6.45, 7) is 1.65. The molecular weight excluding hydrogens is 380 g/mol. The second-order valence-corrected chi connectivity index (χ2v) is 6.33. The van der Waals surface area contributed by atoms with Crippen LogP contribution in [0, 0.1) is 18.6 Å². The van der Waals surface area contributed by atoms with E-state index >= 15 is 0 Å². The molecule has 1 aromatic heterocycles. The van der Waals surface area contributed by atoms with Crippen molar-refractivity contribution in [1.82, 2.24) is 4.98 Å². The molecule has 0 aliphatic rings. The van der Waals surface area contributed by atoms with Gasteiger partial charge in [-0.05, 0) is 25.1 Å². The van der Waals surface area contributed by atoms with E-state index in [0.29, 0.717) is 27.6 Å². The average molecular weight is 394 g/mol. The number of ketones is 1. The number of aryl methyl sites for hydroxylation is 1. The molecule has 3 nitrogen and oxygen atoms in total. The number of rotatable bonds is 4. The minimum atomic E-state index is -0.711. The Kier molecular flexibility index (Phi) is 4.41. The summed E-state index contributed by atoms with van der Waals surface area (Å²) in [7, 11) is 1.42. The number of carbonyl (C=O) groups excluding carboxylic acids is 1. The van der Waals surface area contributed by atoms with Crippen LogP contribution in [0.4, 0.5) is 8.78 Å². The van der Waals surface area contributed by atoms with E-state index in [1.54, 1.807) is 19.2 Å². The molecule has 0 fully saturated rings. The molecule has 2 aromatic carbocycles. The van der Waals surface area contributed by atoms with Crippen molar-refractivity contribution in [1.29, 1.82) is 0 Å². The molecule has 1 heterocycles. The largest absolute Gasteiger partial charge is 0.496 e. The fourth-order valence-corrected chi connectivity index (χ4v) is 3.32. The van der Waals surface area contributed by atoms with Crippen molar-refractivity contribution in [2.75, 3.05) is 7.11 Å². The normalized spacial score (nSPS) is 12.4. The van der Waals surface area contributed by atoms with Crippen molar-refractivity contribution in [2.45, 2.75) is 11.8 Å². The first-order chi connectivity index (χ1) is 11.4. The first-order valence-electron chi connectivity index (χ1n) is 7.22. The molecule has 1 atom stereocenters. The van der Waals surface area contributed by atoms with Gasteiger partial charge in [-0.25, -0.2) is 8.78 Å². The molecule has 0 aliphatic heterocycles. The van der Waals surface area contributed by atoms with Gasteiger partial charge in [0.05, 0.1) is 12.6 Å². The third-order valence-electron chi connectivity index (χ3n) is 4.01. The Hall–Kier alpha value is -2.21. The molecule has 6 heteroatoms. The molecule has 0 saturated heterocycles. The highest BCUT2D eigenvalue weighted by Gasteiger charge is 2.25. The van der Waals surface area contributed by atoms with Gasteiger partial charge < -0.3 is 9.72 Å². The van der Waals surface area contributed by atoms with Crippen molar-refractivity contribution < 1.29 is 18.3 Å². The summed E-state index contributed by atoms with van der Waals surface area (Å²) in [6.07, 6.45) is 1.56. The van der Waals surface area contributed by atoms with E-state index in [1.807, 2.05) is 0 Å². The van der Waals surface area contributed by atoms with E-state index in [4.69, 9.17) is 4.74 Å². The number of carbonyl (C=O) groups is 1. The molecular formula is C18H14BrF2NO2. The lowest BCUT2D eigenvalue weighted by molar-refractivity contribution is 0.0992. The maximum atomic E-state index is 13.7. The maximum absolute atomic E-state index is 13.7. The number of aromatic amines is 1. The van der Waals surface area contributed by atoms with Gasteiger partial charge in [0.15, 0.2) is 5.78 Å². The third-order valence-corrected chi connectivity index (χ3v) is 4.92. The molecule has 0 aliphatic carbocycles. The van der Waals surface area contributed by atoms with E-state index in [9.17, 15) is 13.6 Å². The average Bonchev–Trinajstić information content (AvgIpc) is 3.01. The summed E-state index contributed by atoms with van der Waals surface area (Å²) in [5, 5.41) is 0.643. The second kappa shape index (κ2) is 6.36. The monoisotopic (exact) mass is 393 g/mol. The van der Waals surface area contributed by atoms with Crippen LogP contribution < -0.4 is 4.74 Å². The molecule has 0 radical (unpaired) electrons. The Morgan fingerprint density at radius 1 is 1.25 bits per heavy atom. The van der Waals surface area contributed by atoms with Crippen molar-refractivity contribution >= 4 is 32.6 Å². The number of hydrogen-bond acceptors (Lipinski definition) is 2. The van der Waals surface area contributed by atoms with E-state index in [2.05, 4.69) is 20.9 Å². The van der Waals surface area contributed by atoms with Crippen LogP contribution in [-0.2, 0) is 0 Å². The van der Waals surface area contributed by atoms with Gasteiger partial charge in [-0.2, -0.15) is 0 Å². The van der Waals surface area contributed by atoms with Gasteiger partial charge in [-0.15, -0.1) is 0 Å². The van der Waals surface area contributed by atoms with Crippen molar-refractivity contribution in [3.8, 4) is 5.75 Å². The lowest BCUT2D eigenvalue weighted by Crippen LogP contribution is -2.08. The third kappa shape index (κ3) is 2.71. The van der Waals surface area contributed by atoms with E-state index in [1.165, 1.54) is 31.4 Å². The summed E-state index contributed by atoms with van der Waals surface area (Å²) in [6, 6.07) is 6.91. The number of fused-ring (bicyclic) bond motifs is 1. The first-order valence-corrected chi connectivity index (χ1v) is 8.13. The Labute approximate surface area is 145 Å². The summed E-state index contributed by atoms with van der Waals surface area (Å²) in [4.78, 5) is 15.1. The van der Waals surface area contributed by atoms with Gasteiger partial charge >= 0.3 is 0 Å². The fourth-order valence-electron chi connectivity index (χ4n) is 2.69. The zero-order valence-corrected chi connectivity index (χ0v) is 14.6. The Balaban J connectivity index is 2.05. The molecule has 0 saturated carbocycles. The SMILES string of the molecule is COc1cc(F)ccc1C(Br)C(=O)c1c[nH]c2c(C)c(F)ccc12. The Morgan fingerprint density at radius 2 is 2.00 bits per heavy atom. The van der Waals surface area contributed by atoms with Crippen LogP contribution in [-0.4, -0.2) is 17.9 Å². The number of aromatic nitrogens is 1. The summed E-state index contributed by atoms with van der Waals surface area (Å²) in [5.74, 6) is -0.718. The highest BCUT2D eigenvalue weighted by Crippen LogP contribution is 2.36. The van der Waals surface area contributed by atoms with Gasteiger partial charge in [-0.3, -0.25) is 4.79 Å². The number of alkyl halides is 1. The molecule has 0 bridgehead atoms. The maximum Gasteiger partial charge on any atom is 0.183 e. The second-order valence-electron chi connectivity index (χ2n) is 5.41. The molecule has 1 N–H and O–H groups in total. The number of Topliss-reactive ketones (excluding diaryl/α,β-unsaturated/α-hetero) is 1. The lowest BCUT2D eigenvalue weighted by Gasteiger charge is -2.13.